The predicted octanol–water partition coefficient (Wildman–Crippen LogP) is 5.08. The van der Waals surface area contributed by atoms with Gasteiger partial charge in [0.05, 0.1) is 28.9 Å². The largest absolute Gasteiger partial charge is 0.508 e. The second-order valence-corrected chi connectivity index (χ2v) is 9.06. The number of carbonyl (C=O) groups excluding carboxylic acids is 2. The van der Waals surface area contributed by atoms with Crippen molar-refractivity contribution in [2.24, 2.45) is 0 Å². The molecule has 1 amide bonds. The number of phenolic OH excluding ortho intramolecular Hbond substituents is 1. The lowest BCUT2D eigenvalue weighted by molar-refractivity contribution is -0.132. The van der Waals surface area contributed by atoms with Crippen LogP contribution >= 0.6 is 11.3 Å². The van der Waals surface area contributed by atoms with Crippen molar-refractivity contribution in [3.8, 4) is 11.5 Å². The molecule has 176 valence electrons. The number of aliphatic hydroxyl groups excluding tert-OH is 1. The number of aromatic nitrogens is 1. The van der Waals surface area contributed by atoms with Gasteiger partial charge in [-0.25, -0.2) is 9.37 Å². The number of benzene rings is 3. The highest BCUT2D eigenvalue weighted by molar-refractivity contribution is 7.22. The number of rotatable bonds is 4. The van der Waals surface area contributed by atoms with Gasteiger partial charge in [0, 0.05) is 5.56 Å². The molecule has 1 aliphatic rings. The van der Waals surface area contributed by atoms with Gasteiger partial charge in [0.2, 0.25) is 0 Å². The minimum absolute atomic E-state index is 0.00643. The summed E-state index contributed by atoms with van der Waals surface area (Å²) in [4.78, 5) is 32.3. The number of nitrogens with zero attached hydrogens (tertiary/aromatic N) is 2. The fraction of sp³-hybridized carbons (Fsp3) is 0.115. The molecule has 1 unspecified atom stereocenters. The highest BCUT2D eigenvalue weighted by Gasteiger charge is 2.48. The van der Waals surface area contributed by atoms with E-state index >= 15 is 0 Å². The van der Waals surface area contributed by atoms with E-state index in [9.17, 15) is 24.2 Å². The third kappa shape index (κ3) is 3.79. The molecule has 0 bridgehead atoms. The van der Waals surface area contributed by atoms with Crippen molar-refractivity contribution >= 4 is 44.1 Å². The first-order valence-corrected chi connectivity index (χ1v) is 11.4. The van der Waals surface area contributed by atoms with E-state index in [-0.39, 0.29) is 27.6 Å². The Morgan fingerprint density at radius 3 is 2.51 bits per heavy atom. The first-order valence-electron chi connectivity index (χ1n) is 10.6. The summed E-state index contributed by atoms with van der Waals surface area (Å²) in [6.45, 7) is 1.54. The molecule has 1 aromatic heterocycles. The molecule has 0 spiro atoms. The number of halogens is 1. The molecule has 2 heterocycles. The second kappa shape index (κ2) is 8.52. The Balaban J connectivity index is 1.72. The number of hydrogen-bond donors (Lipinski definition) is 2. The van der Waals surface area contributed by atoms with Crippen LogP contribution in [-0.4, -0.2) is 34.0 Å². The van der Waals surface area contributed by atoms with Gasteiger partial charge in [-0.1, -0.05) is 23.5 Å². The summed E-state index contributed by atoms with van der Waals surface area (Å²) < 4.78 is 19.8. The average molecular weight is 491 g/mol. The molecule has 4 aromatic rings. The van der Waals surface area contributed by atoms with Crippen molar-refractivity contribution < 1.29 is 28.9 Å². The van der Waals surface area contributed by atoms with Gasteiger partial charge in [-0.15, -0.1) is 0 Å². The molecule has 1 atom stereocenters. The van der Waals surface area contributed by atoms with E-state index < -0.39 is 29.3 Å². The fourth-order valence-corrected chi connectivity index (χ4v) is 5.09. The SMILES string of the molecule is COc1ccc2nc(N3C(=O)C(=O)/C(=C(/O)c4ccc(F)c(C)c4)C3c3ccc(O)cc3)sc2c1. The molecule has 9 heteroatoms. The topological polar surface area (TPSA) is 100.0 Å². The molecule has 0 saturated carbocycles. The van der Waals surface area contributed by atoms with Crippen molar-refractivity contribution in [2.45, 2.75) is 13.0 Å². The number of anilines is 1. The van der Waals surface area contributed by atoms with Crippen LogP contribution < -0.4 is 9.64 Å². The second-order valence-electron chi connectivity index (χ2n) is 8.05. The molecule has 1 aliphatic heterocycles. The first kappa shape index (κ1) is 22.5. The van der Waals surface area contributed by atoms with E-state index in [4.69, 9.17) is 4.74 Å². The maximum Gasteiger partial charge on any atom is 0.301 e. The van der Waals surface area contributed by atoms with Gasteiger partial charge in [0.25, 0.3) is 5.78 Å². The molecular weight excluding hydrogens is 471 g/mol. The lowest BCUT2D eigenvalue weighted by Gasteiger charge is -2.23. The number of phenols is 1. The number of fused-ring (bicyclic) bond motifs is 1. The van der Waals surface area contributed by atoms with Crippen LogP contribution in [0.25, 0.3) is 16.0 Å². The average Bonchev–Trinajstić information content (AvgIpc) is 3.38. The zero-order valence-electron chi connectivity index (χ0n) is 18.7. The minimum atomic E-state index is -1.01. The summed E-state index contributed by atoms with van der Waals surface area (Å²) >= 11 is 1.20. The zero-order valence-corrected chi connectivity index (χ0v) is 19.5. The van der Waals surface area contributed by atoms with Crippen LogP contribution in [0.2, 0.25) is 0 Å². The summed E-state index contributed by atoms with van der Waals surface area (Å²) in [7, 11) is 1.55. The smallest absolute Gasteiger partial charge is 0.301 e. The molecule has 7 nitrogen and oxygen atoms in total. The Hall–Kier alpha value is -4.24. The summed E-state index contributed by atoms with van der Waals surface area (Å²) in [6.07, 6.45) is 0. The third-order valence-electron chi connectivity index (χ3n) is 5.88. The van der Waals surface area contributed by atoms with E-state index in [2.05, 4.69) is 4.98 Å². The van der Waals surface area contributed by atoms with Crippen molar-refractivity contribution in [1.29, 1.82) is 0 Å². The van der Waals surface area contributed by atoms with E-state index in [1.165, 1.54) is 53.5 Å². The van der Waals surface area contributed by atoms with Crippen molar-refractivity contribution in [3.05, 3.63) is 88.7 Å². The van der Waals surface area contributed by atoms with Gasteiger partial charge < -0.3 is 14.9 Å². The lowest BCUT2D eigenvalue weighted by atomic mass is 9.95. The predicted molar refractivity (Wildman–Crippen MR) is 130 cm³/mol. The van der Waals surface area contributed by atoms with Crippen LogP contribution in [0.1, 0.15) is 22.7 Å². The van der Waals surface area contributed by atoms with Crippen molar-refractivity contribution in [2.75, 3.05) is 12.0 Å². The number of thiazole rings is 1. The molecule has 2 N–H and O–H groups in total. The number of aromatic hydroxyl groups is 1. The molecule has 35 heavy (non-hydrogen) atoms. The van der Waals surface area contributed by atoms with Crippen LogP contribution in [0.3, 0.4) is 0 Å². The third-order valence-corrected chi connectivity index (χ3v) is 6.89. The zero-order chi connectivity index (χ0) is 24.9. The number of aliphatic hydroxyl groups is 1. The van der Waals surface area contributed by atoms with Gasteiger partial charge >= 0.3 is 5.91 Å². The summed E-state index contributed by atoms with van der Waals surface area (Å²) in [5.74, 6) is -1.99. The maximum atomic E-state index is 13.8. The Kier molecular flexibility index (Phi) is 5.49. The molecule has 0 radical (unpaired) electrons. The molecule has 3 aromatic carbocycles. The van der Waals surface area contributed by atoms with Crippen molar-refractivity contribution in [1.82, 2.24) is 4.98 Å². The van der Waals surface area contributed by atoms with Gasteiger partial charge in [-0.3, -0.25) is 14.5 Å². The van der Waals surface area contributed by atoms with Crippen molar-refractivity contribution in [3.63, 3.8) is 0 Å². The van der Waals surface area contributed by atoms with E-state index in [0.717, 1.165) is 4.70 Å². The Bertz CT molecular complexity index is 1530. The van der Waals surface area contributed by atoms with Crippen LogP contribution in [0, 0.1) is 12.7 Å². The first-order chi connectivity index (χ1) is 16.8. The van der Waals surface area contributed by atoms with Crippen LogP contribution in [0.4, 0.5) is 9.52 Å². The van der Waals surface area contributed by atoms with Gasteiger partial charge in [0.15, 0.2) is 5.13 Å². The molecule has 1 fully saturated rings. The Morgan fingerprint density at radius 2 is 1.83 bits per heavy atom. The number of Topliss-reactive ketones (excluding diaryl/α,β-unsaturated/α-hetero) is 1. The quantitative estimate of drug-likeness (QED) is 0.235. The molecule has 0 aliphatic carbocycles. The highest BCUT2D eigenvalue weighted by atomic mass is 32.1. The standard InChI is InChI=1S/C26H19FN2O5S/c1-13-11-15(5-9-18(13)27)23(31)21-22(14-3-6-16(30)7-4-14)29(25(33)24(21)32)26-28-19-10-8-17(34-2)12-20(19)35-26/h3-12,22,30-31H,1-2H3/b23-21+. The Morgan fingerprint density at radius 1 is 1.09 bits per heavy atom. The van der Waals surface area contributed by atoms with Crippen LogP contribution in [0.5, 0.6) is 11.5 Å². The van der Waals surface area contributed by atoms with E-state index in [1.807, 2.05) is 0 Å². The number of aryl methyl sites for hydroxylation is 1. The van der Waals surface area contributed by atoms with Gasteiger partial charge in [0.1, 0.15) is 23.1 Å². The van der Waals surface area contributed by atoms with Crippen LogP contribution in [0.15, 0.2) is 66.2 Å². The molecule has 1 saturated heterocycles. The van der Waals surface area contributed by atoms with Gasteiger partial charge in [-0.05, 0) is 66.6 Å². The number of carbonyl (C=O) groups is 2. The normalized spacial score (nSPS) is 17.3. The summed E-state index contributed by atoms with van der Waals surface area (Å²) in [6, 6.07) is 14.2. The van der Waals surface area contributed by atoms with Gasteiger partial charge in [-0.2, -0.15) is 0 Å². The summed E-state index contributed by atoms with van der Waals surface area (Å²) in [5, 5.41) is 21.2. The number of hydrogen-bond acceptors (Lipinski definition) is 7. The monoisotopic (exact) mass is 490 g/mol. The number of amides is 1. The highest BCUT2D eigenvalue weighted by Crippen LogP contribution is 2.44. The molecule has 5 rings (SSSR count). The number of ketones is 1. The number of ether oxygens (including phenoxy) is 1. The van der Waals surface area contributed by atoms with E-state index in [0.29, 0.717) is 16.8 Å². The molecular formula is C26H19FN2O5S. The fourth-order valence-electron chi connectivity index (χ4n) is 4.07. The van der Waals surface area contributed by atoms with E-state index in [1.54, 1.807) is 37.4 Å². The summed E-state index contributed by atoms with van der Waals surface area (Å²) in [5.41, 5.74) is 1.44. The maximum absolute atomic E-state index is 13.8. The minimum Gasteiger partial charge on any atom is -0.508 e. The Labute approximate surface area is 203 Å². The number of methoxy groups -OCH3 is 1. The lowest BCUT2D eigenvalue weighted by Crippen LogP contribution is -2.29. The van der Waals surface area contributed by atoms with Crippen LogP contribution in [-0.2, 0) is 9.59 Å².